The molecule has 0 radical (unpaired) electrons. The van der Waals surface area contributed by atoms with Crippen LogP contribution in [0.25, 0.3) is 11.1 Å². The number of nitrogen functional groups attached to an aromatic ring is 2. The molecule has 4 N–H and O–H groups in total. The Labute approximate surface area is 121 Å². The van der Waals surface area contributed by atoms with Gasteiger partial charge in [0.2, 0.25) is 5.95 Å². The summed E-state index contributed by atoms with van der Waals surface area (Å²) in [4.78, 5) is 7.24. The molecule has 0 aliphatic carbocycles. The molecule has 0 aliphatic rings. The Morgan fingerprint density at radius 2 is 1.90 bits per heavy atom. The molecule has 0 aliphatic heterocycles. The van der Waals surface area contributed by atoms with Crippen molar-refractivity contribution in [2.75, 3.05) is 11.5 Å². The van der Waals surface area contributed by atoms with E-state index in [0.29, 0.717) is 11.1 Å². The van der Waals surface area contributed by atoms with Crippen molar-refractivity contribution in [2.24, 2.45) is 0 Å². The van der Waals surface area contributed by atoms with E-state index in [4.69, 9.17) is 11.5 Å². The molecule has 0 unspecified atom stereocenters. The third-order valence-corrected chi connectivity index (χ3v) is 5.17. The molecule has 8 heteroatoms. The molecule has 2 rings (SSSR count). The number of hydrogen-bond acceptors (Lipinski definition) is 6. The Balaban J connectivity index is 2.64. The molecule has 0 saturated carbocycles. The van der Waals surface area contributed by atoms with Crippen LogP contribution < -0.4 is 11.5 Å². The van der Waals surface area contributed by atoms with Crippen LogP contribution in [0.15, 0.2) is 29.3 Å². The second-order valence-electron chi connectivity index (χ2n) is 4.77. The molecule has 0 amide bonds. The molecule has 21 heavy (non-hydrogen) atoms. The largest absolute Gasteiger partial charge is 0.383 e. The first-order valence-corrected chi connectivity index (χ1v) is 7.70. The number of halogens is 1. The summed E-state index contributed by atoms with van der Waals surface area (Å²) < 4.78 is 38.2. The van der Waals surface area contributed by atoms with Crippen LogP contribution in [-0.4, -0.2) is 23.6 Å². The molecule has 1 heterocycles. The zero-order valence-corrected chi connectivity index (χ0v) is 12.4. The number of benzene rings is 1. The van der Waals surface area contributed by atoms with Gasteiger partial charge in [-0.15, -0.1) is 0 Å². The number of rotatable bonds is 3. The number of sulfone groups is 1. The Hall–Kier alpha value is -2.22. The molecular weight excluding hydrogens is 295 g/mol. The van der Waals surface area contributed by atoms with Gasteiger partial charge in [-0.2, -0.15) is 4.98 Å². The predicted octanol–water partition coefficient (Wildman–Crippen LogP) is 1.63. The van der Waals surface area contributed by atoms with Crippen molar-refractivity contribution in [1.82, 2.24) is 9.97 Å². The average Bonchev–Trinajstić information content (AvgIpc) is 2.39. The van der Waals surface area contributed by atoms with E-state index in [0.717, 1.165) is 6.07 Å². The van der Waals surface area contributed by atoms with Gasteiger partial charge in [-0.05, 0) is 31.5 Å². The lowest BCUT2D eigenvalue weighted by atomic mass is 10.1. The molecule has 6 nitrogen and oxygen atoms in total. The molecule has 0 atom stereocenters. The van der Waals surface area contributed by atoms with Gasteiger partial charge in [0.05, 0.1) is 5.25 Å². The molecule has 0 saturated heterocycles. The normalized spacial score (nSPS) is 11.8. The van der Waals surface area contributed by atoms with Crippen LogP contribution in [0.5, 0.6) is 0 Å². The molecular formula is C13H15FN4O2S. The maximum absolute atomic E-state index is 13.8. The van der Waals surface area contributed by atoms with Gasteiger partial charge in [-0.1, -0.05) is 6.07 Å². The van der Waals surface area contributed by atoms with Crippen molar-refractivity contribution in [3.05, 3.63) is 30.2 Å². The van der Waals surface area contributed by atoms with Crippen LogP contribution >= 0.6 is 0 Å². The summed E-state index contributed by atoms with van der Waals surface area (Å²) >= 11 is 0. The fourth-order valence-corrected chi connectivity index (χ4v) is 2.91. The van der Waals surface area contributed by atoms with Gasteiger partial charge in [-0.25, -0.2) is 17.8 Å². The summed E-state index contributed by atoms with van der Waals surface area (Å²) in [5.74, 6) is -0.697. The number of nitrogens with two attached hydrogens (primary N) is 2. The Kier molecular flexibility index (Phi) is 3.82. The Morgan fingerprint density at radius 3 is 2.48 bits per heavy atom. The highest BCUT2D eigenvalue weighted by Gasteiger charge is 2.24. The topological polar surface area (TPSA) is 112 Å². The van der Waals surface area contributed by atoms with Gasteiger partial charge in [0, 0.05) is 11.8 Å². The van der Waals surface area contributed by atoms with E-state index >= 15 is 0 Å². The van der Waals surface area contributed by atoms with Gasteiger partial charge in [-0.3, -0.25) is 0 Å². The van der Waals surface area contributed by atoms with Crippen LogP contribution in [0, 0.1) is 5.82 Å². The fourth-order valence-electron chi connectivity index (χ4n) is 1.77. The van der Waals surface area contributed by atoms with Crippen molar-refractivity contribution >= 4 is 21.6 Å². The molecule has 0 spiro atoms. The van der Waals surface area contributed by atoms with E-state index in [2.05, 4.69) is 9.97 Å². The minimum absolute atomic E-state index is 0.00777. The molecule has 1 aromatic carbocycles. The van der Waals surface area contributed by atoms with E-state index in [1.165, 1.54) is 32.2 Å². The highest BCUT2D eigenvalue weighted by molar-refractivity contribution is 7.92. The zero-order valence-electron chi connectivity index (χ0n) is 11.5. The number of nitrogens with zero attached hydrogens (tertiary/aromatic N) is 2. The quantitative estimate of drug-likeness (QED) is 0.891. The van der Waals surface area contributed by atoms with Gasteiger partial charge >= 0.3 is 0 Å². The highest BCUT2D eigenvalue weighted by Crippen LogP contribution is 2.29. The smallest absolute Gasteiger partial charge is 0.221 e. The number of hydrogen-bond donors (Lipinski definition) is 2. The summed E-state index contributed by atoms with van der Waals surface area (Å²) in [5, 5.41) is -0.734. The lowest BCUT2D eigenvalue weighted by molar-refractivity contribution is 0.561. The van der Waals surface area contributed by atoms with Gasteiger partial charge in [0.25, 0.3) is 0 Å². The third kappa shape index (κ3) is 2.80. The first-order chi connectivity index (χ1) is 9.73. The van der Waals surface area contributed by atoms with Crippen LogP contribution in [-0.2, 0) is 9.84 Å². The number of anilines is 2. The van der Waals surface area contributed by atoms with Crippen LogP contribution in [0.2, 0.25) is 0 Å². The first-order valence-electron chi connectivity index (χ1n) is 6.15. The van der Waals surface area contributed by atoms with Gasteiger partial charge in [0.1, 0.15) is 16.5 Å². The molecule has 0 fully saturated rings. The van der Waals surface area contributed by atoms with Crippen molar-refractivity contribution in [2.45, 2.75) is 24.0 Å². The summed E-state index contributed by atoms with van der Waals surface area (Å²) in [5.41, 5.74) is 11.9. The highest BCUT2D eigenvalue weighted by atomic mass is 32.2. The number of aromatic nitrogens is 2. The Bertz CT molecular complexity index is 791. The second kappa shape index (κ2) is 5.28. The van der Waals surface area contributed by atoms with E-state index in [1.807, 2.05) is 0 Å². The first kappa shape index (κ1) is 15.2. The lowest BCUT2D eigenvalue weighted by Crippen LogP contribution is -2.15. The van der Waals surface area contributed by atoms with Crippen molar-refractivity contribution in [3.63, 3.8) is 0 Å². The van der Waals surface area contributed by atoms with Gasteiger partial charge < -0.3 is 11.5 Å². The average molecular weight is 310 g/mol. The second-order valence-corrected chi connectivity index (χ2v) is 7.24. The minimum atomic E-state index is -3.74. The van der Waals surface area contributed by atoms with E-state index < -0.39 is 20.9 Å². The van der Waals surface area contributed by atoms with Gasteiger partial charge in [0.15, 0.2) is 9.84 Å². The monoisotopic (exact) mass is 310 g/mol. The van der Waals surface area contributed by atoms with E-state index in [1.54, 1.807) is 0 Å². The zero-order chi connectivity index (χ0) is 15.8. The van der Waals surface area contributed by atoms with E-state index in [-0.39, 0.29) is 16.7 Å². The van der Waals surface area contributed by atoms with Crippen molar-refractivity contribution in [3.8, 4) is 11.1 Å². The van der Waals surface area contributed by atoms with Crippen LogP contribution in [0.1, 0.15) is 13.8 Å². The summed E-state index contributed by atoms with van der Waals surface area (Å²) in [7, 11) is -3.74. The fraction of sp³-hybridized carbons (Fsp3) is 0.231. The molecule has 0 bridgehead atoms. The summed E-state index contributed by atoms with van der Waals surface area (Å²) in [6, 6.07) is 3.73. The maximum Gasteiger partial charge on any atom is 0.221 e. The maximum atomic E-state index is 13.8. The van der Waals surface area contributed by atoms with Crippen LogP contribution in [0.4, 0.5) is 16.2 Å². The van der Waals surface area contributed by atoms with Crippen molar-refractivity contribution < 1.29 is 12.8 Å². The SMILES string of the molecule is CC(C)S(=O)(=O)c1cc(-c2cnc(N)nc2N)ccc1F. The summed E-state index contributed by atoms with van der Waals surface area (Å²) in [6.07, 6.45) is 1.37. The standard InChI is InChI=1S/C13H15FN4O2S/c1-7(2)21(19,20)11-5-8(3-4-10(11)14)9-6-17-13(16)18-12(9)15/h3-7H,1-2H3,(H4,15,16,17,18). The Morgan fingerprint density at radius 1 is 1.24 bits per heavy atom. The molecule has 112 valence electrons. The minimum Gasteiger partial charge on any atom is -0.383 e. The third-order valence-electron chi connectivity index (χ3n) is 3.01. The molecule has 2 aromatic rings. The summed E-state index contributed by atoms with van der Waals surface area (Å²) in [6.45, 7) is 2.98. The molecule has 1 aromatic heterocycles. The van der Waals surface area contributed by atoms with Crippen LogP contribution in [0.3, 0.4) is 0 Å². The predicted molar refractivity (Wildman–Crippen MR) is 78.6 cm³/mol. The lowest BCUT2D eigenvalue weighted by Gasteiger charge is -2.11. The van der Waals surface area contributed by atoms with E-state index in [9.17, 15) is 12.8 Å². The van der Waals surface area contributed by atoms with Crippen molar-refractivity contribution in [1.29, 1.82) is 0 Å².